The van der Waals surface area contributed by atoms with Gasteiger partial charge in [-0.25, -0.2) is 0 Å². The van der Waals surface area contributed by atoms with Crippen molar-refractivity contribution in [3.05, 3.63) is 28.2 Å². The Morgan fingerprint density at radius 2 is 2.10 bits per heavy atom. The molecule has 0 bridgehead atoms. The van der Waals surface area contributed by atoms with Gasteiger partial charge in [-0.15, -0.1) is 0 Å². The Kier molecular flexibility index (Phi) is 6.29. The maximum Gasteiger partial charge on any atom is 0.0558 e. The Morgan fingerprint density at radius 3 is 2.80 bits per heavy atom. The summed E-state index contributed by atoms with van der Waals surface area (Å²) in [7, 11) is 1.96. The van der Waals surface area contributed by atoms with Crippen LogP contribution < -0.4 is 10.2 Å². The molecule has 0 amide bonds. The van der Waals surface area contributed by atoms with Crippen LogP contribution in [0.2, 0.25) is 0 Å². The van der Waals surface area contributed by atoms with Gasteiger partial charge in [0.25, 0.3) is 0 Å². The smallest absolute Gasteiger partial charge is 0.0558 e. The fourth-order valence-corrected chi connectivity index (χ4v) is 3.37. The third kappa shape index (κ3) is 4.19. The Bertz CT molecular complexity index is 428. The molecule has 2 N–H and O–H groups in total. The van der Waals surface area contributed by atoms with Crippen LogP contribution in [0.25, 0.3) is 0 Å². The molecule has 0 aromatic heterocycles. The zero-order valence-electron chi connectivity index (χ0n) is 12.1. The number of rotatable bonds is 5. The van der Waals surface area contributed by atoms with Crippen LogP contribution in [0.3, 0.4) is 0 Å². The number of aliphatic hydroxyl groups is 1. The van der Waals surface area contributed by atoms with E-state index >= 15 is 0 Å². The van der Waals surface area contributed by atoms with Crippen molar-refractivity contribution < 1.29 is 5.11 Å². The molecule has 0 spiro atoms. The topological polar surface area (TPSA) is 38.7 Å². The number of hydrogen-bond donors (Lipinski definition) is 2. The van der Waals surface area contributed by atoms with Gasteiger partial charge in [0.15, 0.2) is 0 Å². The van der Waals surface area contributed by atoms with Gasteiger partial charge < -0.3 is 15.3 Å². The quantitative estimate of drug-likeness (QED) is 0.854. The summed E-state index contributed by atoms with van der Waals surface area (Å²) in [5, 5.41) is 12.2. The summed E-state index contributed by atoms with van der Waals surface area (Å²) >= 11 is 3.70. The molecule has 1 aliphatic heterocycles. The van der Waals surface area contributed by atoms with E-state index < -0.39 is 0 Å². The molecule has 1 aromatic rings. The van der Waals surface area contributed by atoms with Crippen molar-refractivity contribution in [3.8, 4) is 0 Å². The monoisotopic (exact) mass is 341 g/mol. The van der Waals surface area contributed by atoms with Crippen molar-refractivity contribution in [2.75, 3.05) is 51.3 Å². The van der Waals surface area contributed by atoms with Gasteiger partial charge in [0.2, 0.25) is 0 Å². The lowest BCUT2D eigenvalue weighted by atomic mass is 10.2. The van der Waals surface area contributed by atoms with E-state index in [2.05, 4.69) is 49.2 Å². The van der Waals surface area contributed by atoms with E-state index in [1.807, 2.05) is 7.05 Å². The first-order valence-corrected chi connectivity index (χ1v) is 8.05. The van der Waals surface area contributed by atoms with Crippen LogP contribution in [0.4, 0.5) is 5.69 Å². The van der Waals surface area contributed by atoms with E-state index in [1.165, 1.54) is 15.7 Å². The minimum Gasteiger partial charge on any atom is -0.395 e. The van der Waals surface area contributed by atoms with Crippen molar-refractivity contribution in [2.24, 2.45) is 0 Å². The largest absolute Gasteiger partial charge is 0.395 e. The summed E-state index contributed by atoms with van der Waals surface area (Å²) < 4.78 is 1.17. The lowest BCUT2D eigenvalue weighted by Gasteiger charge is -2.25. The van der Waals surface area contributed by atoms with Crippen molar-refractivity contribution in [3.63, 3.8) is 0 Å². The highest BCUT2D eigenvalue weighted by Gasteiger charge is 2.16. The zero-order chi connectivity index (χ0) is 14.4. The fraction of sp³-hybridized carbons (Fsp3) is 0.600. The molecule has 20 heavy (non-hydrogen) atoms. The highest BCUT2D eigenvalue weighted by molar-refractivity contribution is 9.10. The van der Waals surface area contributed by atoms with Crippen LogP contribution in [0.1, 0.15) is 12.0 Å². The highest BCUT2D eigenvalue weighted by atomic mass is 79.9. The average molecular weight is 342 g/mol. The SMILES string of the molecule is CNCc1ccc(N2CCCN(CCO)CC2)c(Br)c1. The molecule has 1 fully saturated rings. The third-order valence-electron chi connectivity index (χ3n) is 3.74. The summed E-state index contributed by atoms with van der Waals surface area (Å²) in [6.07, 6.45) is 1.14. The van der Waals surface area contributed by atoms with Gasteiger partial charge in [-0.1, -0.05) is 6.07 Å². The zero-order valence-corrected chi connectivity index (χ0v) is 13.7. The summed E-state index contributed by atoms with van der Waals surface area (Å²) in [5.74, 6) is 0. The molecule has 4 nitrogen and oxygen atoms in total. The molecular weight excluding hydrogens is 318 g/mol. The van der Waals surface area contributed by atoms with Gasteiger partial charge in [-0.2, -0.15) is 0 Å². The molecule has 0 saturated carbocycles. The Balaban J connectivity index is 2.03. The van der Waals surface area contributed by atoms with Crippen LogP contribution in [0.5, 0.6) is 0 Å². The van der Waals surface area contributed by atoms with Crippen molar-refractivity contribution in [1.82, 2.24) is 10.2 Å². The van der Waals surface area contributed by atoms with E-state index in [1.54, 1.807) is 0 Å². The molecule has 0 radical (unpaired) electrons. The Morgan fingerprint density at radius 1 is 1.25 bits per heavy atom. The maximum absolute atomic E-state index is 9.05. The third-order valence-corrected chi connectivity index (χ3v) is 4.37. The first-order chi connectivity index (χ1) is 9.74. The molecule has 1 heterocycles. The van der Waals surface area contributed by atoms with Gasteiger partial charge in [-0.05, 0) is 53.6 Å². The summed E-state index contributed by atoms with van der Waals surface area (Å²) in [6, 6.07) is 6.59. The normalized spacial score (nSPS) is 17.2. The van der Waals surface area contributed by atoms with E-state index in [-0.39, 0.29) is 6.61 Å². The molecule has 1 aliphatic rings. The van der Waals surface area contributed by atoms with Crippen LogP contribution in [0, 0.1) is 0 Å². The predicted molar refractivity (Wildman–Crippen MR) is 87.3 cm³/mol. The molecule has 5 heteroatoms. The molecular formula is C15H24BrN3O. The van der Waals surface area contributed by atoms with E-state index in [9.17, 15) is 0 Å². The van der Waals surface area contributed by atoms with Gasteiger partial charge in [0, 0.05) is 37.2 Å². The van der Waals surface area contributed by atoms with Gasteiger partial charge >= 0.3 is 0 Å². The van der Waals surface area contributed by atoms with Crippen molar-refractivity contribution in [2.45, 2.75) is 13.0 Å². The standard InChI is InChI=1S/C15H24BrN3O/c1-17-12-13-3-4-15(14(16)11-13)19-6-2-5-18(7-8-19)9-10-20/h3-4,11,17,20H,2,5-10,12H2,1H3. The van der Waals surface area contributed by atoms with E-state index in [0.717, 1.165) is 45.7 Å². The number of β-amino-alcohol motifs (C(OH)–C–C–N with tert-alkyl or cyclic N) is 1. The number of benzene rings is 1. The number of anilines is 1. The van der Waals surface area contributed by atoms with Crippen molar-refractivity contribution in [1.29, 1.82) is 0 Å². The van der Waals surface area contributed by atoms with Crippen molar-refractivity contribution >= 4 is 21.6 Å². The summed E-state index contributed by atoms with van der Waals surface area (Å²) in [6.45, 7) is 6.12. The van der Waals surface area contributed by atoms with Gasteiger partial charge in [0.05, 0.1) is 12.3 Å². The second-order valence-electron chi connectivity index (χ2n) is 5.22. The summed E-state index contributed by atoms with van der Waals surface area (Å²) in [4.78, 5) is 4.77. The predicted octanol–water partition coefficient (Wildman–Crippen LogP) is 1.67. The molecule has 0 aliphatic carbocycles. The number of halogens is 1. The first kappa shape index (κ1) is 15.8. The maximum atomic E-state index is 9.05. The lowest BCUT2D eigenvalue weighted by molar-refractivity contribution is 0.204. The van der Waals surface area contributed by atoms with E-state index in [4.69, 9.17) is 5.11 Å². The average Bonchev–Trinajstić information content (AvgIpc) is 2.66. The van der Waals surface area contributed by atoms with Crippen LogP contribution in [-0.2, 0) is 6.54 Å². The number of nitrogens with one attached hydrogen (secondary N) is 1. The van der Waals surface area contributed by atoms with Crippen LogP contribution >= 0.6 is 15.9 Å². The minimum atomic E-state index is 0.252. The summed E-state index contributed by atoms with van der Waals surface area (Å²) in [5.41, 5.74) is 2.57. The highest BCUT2D eigenvalue weighted by Crippen LogP contribution is 2.28. The fourth-order valence-electron chi connectivity index (χ4n) is 2.70. The number of aliphatic hydroxyl groups excluding tert-OH is 1. The second-order valence-corrected chi connectivity index (χ2v) is 6.08. The minimum absolute atomic E-state index is 0.252. The molecule has 0 atom stereocenters. The molecule has 1 saturated heterocycles. The Labute approximate surface area is 129 Å². The van der Waals surface area contributed by atoms with Crippen LogP contribution in [0.15, 0.2) is 22.7 Å². The van der Waals surface area contributed by atoms with Crippen LogP contribution in [-0.4, -0.2) is 56.4 Å². The number of nitrogens with zero attached hydrogens (tertiary/aromatic N) is 2. The number of hydrogen-bond acceptors (Lipinski definition) is 4. The first-order valence-electron chi connectivity index (χ1n) is 7.26. The molecule has 112 valence electrons. The lowest BCUT2D eigenvalue weighted by Crippen LogP contribution is -2.32. The molecule has 0 unspecified atom stereocenters. The molecule has 2 rings (SSSR count). The van der Waals surface area contributed by atoms with Gasteiger partial charge in [-0.3, -0.25) is 4.90 Å². The second kappa shape index (κ2) is 7.98. The van der Waals surface area contributed by atoms with E-state index in [0.29, 0.717) is 0 Å². The Hall–Kier alpha value is -0.620. The van der Waals surface area contributed by atoms with Gasteiger partial charge in [0.1, 0.15) is 0 Å². The molecule has 1 aromatic carbocycles.